The SMILES string of the molecule is COc1cc2c(cc1OC)CN(C(=O)C1(C(=O)NC3CC3)CC1)CC2. The molecule has 6 heteroatoms. The summed E-state index contributed by atoms with van der Waals surface area (Å²) in [7, 11) is 3.23. The number of methoxy groups -OCH3 is 2. The summed E-state index contributed by atoms with van der Waals surface area (Å²) in [5, 5.41) is 3.01. The summed E-state index contributed by atoms with van der Waals surface area (Å²) in [6.45, 7) is 1.16. The zero-order valence-electron chi connectivity index (χ0n) is 14.8. The zero-order valence-corrected chi connectivity index (χ0v) is 14.8. The molecule has 1 aromatic carbocycles. The number of carbonyl (C=O) groups is 2. The average Bonchev–Trinajstić information content (AvgIpc) is 3.53. The summed E-state index contributed by atoms with van der Waals surface area (Å²) in [6.07, 6.45) is 4.17. The number of ether oxygens (including phenoxy) is 2. The van der Waals surface area contributed by atoms with Crippen LogP contribution in [0.25, 0.3) is 0 Å². The van der Waals surface area contributed by atoms with Crippen molar-refractivity contribution < 1.29 is 19.1 Å². The molecule has 0 bridgehead atoms. The minimum Gasteiger partial charge on any atom is -0.493 e. The van der Waals surface area contributed by atoms with E-state index in [9.17, 15) is 9.59 Å². The summed E-state index contributed by atoms with van der Waals surface area (Å²) in [5.41, 5.74) is 1.43. The van der Waals surface area contributed by atoms with E-state index in [-0.39, 0.29) is 17.9 Å². The molecular weight excluding hydrogens is 320 g/mol. The molecule has 0 unspecified atom stereocenters. The number of rotatable bonds is 5. The molecule has 6 nitrogen and oxygen atoms in total. The number of hydrogen-bond donors (Lipinski definition) is 1. The van der Waals surface area contributed by atoms with Crippen LogP contribution in [-0.2, 0) is 22.6 Å². The monoisotopic (exact) mass is 344 g/mol. The Balaban J connectivity index is 1.51. The standard InChI is InChI=1S/C19H24N2O4/c1-24-15-9-12-5-8-21(11-13(12)10-16(15)25-2)18(23)19(6-7-19)17(22)20-14-3-4-14/h9-10,14H,3-8,11H2,1-2H3,(H,20,22). The fourth-order valence-electron chi connectivity index (χ4n) is 3.57. The van der Waals surface area contributed by atoms with Crippen LogP contribution in [0.3, 0.4) is 0 Å². The fraction of sp³-hybridized carbons (Fsp3) is 0.579. The zero-order chi connectivity index (χ0) is 17.6. The largest absolute Gasteiger partial charge is 0.493 e. The van der Waals surface area contributed by atoms with E-state index in [2.05, 4.69) is 5.32 Å². The van der Waals surface area contributed by atoms with Crippen LogP contribution in [0.5, 0.6) is 11.5 Å². The van der Waals surface area contributed by atoms with E-state index in [1.807, 2.05) is 17.0 Å². The molecule has 4 rings (SSSR count). The molecule has 25 heavy (non-hydrogen) atoms. The smallest absolute Gasteiger partial charge is 0.238 e. The Morgan fingerprint density at radius 1 is 1.12 bits per heavy atom. The molecule has 2 amide bonds. The molecule has 1 N–H and O–H groups in total. The normalized spacial score (nSPS) is 20.5. The maximum absolute atomic E-state index is 13.0. The van der Waals surface area contributed by atoms with Gasteiger partial charge in [-0.25, -0.2) is 0 Å². The third kappa shape index (κ3) is 2.83. The molecule has 2 saturated carbocycles. The molecule has 0 saturated heterocycles. The molecular formula is C19H24N2O4. The Morgan fingerprint density at radius 3 is 2.32 bits per heavy atom. The first-order chi connectivity index (χ1) is 12.1. The lowest BCUT2D eigenvalue weighted by Crippen LogP contribution is -2.47. The van der Waals surface area contributed by atoms with Crippen molar-refractivity contribution >= 4 is 11.8 Å². The van der Waals surface area contributed by atoms with Gasteiger partial charge in [0, 0.05) is 19.1 Å². The lowest BCUT2D eigenvalue weighted by molar-refractivity contribution is -0.145. The van der Waals surface area contributed by atoms with E-state index in [1.165, 1.54) is 5.56 Å². The Hall–Kier alpha value is -2.24. The van der Waals surface area contributed by atoms with Gasteiger partial charge in [0.1, 0.15) is 5.41 Å². The summed E-state index contributed by atoms with van der Waals surface area (Å²) in [5.74, 6) is 1.29. The minimum absolute atomic E-state index is 0.0221. The van der Waals surface area contributed by atoms with Crippen molar-refractivity contribution in [3.63, 3.8) is 0 Å². The van der Waals surface area contributed by atoms with Crippen LogP contribution in [-0.4, -0.2) is 43.5 Å². The van der Waals surface area contributed by atoms with Crippen molar-refractivity contribution in [3.05, 3.63) is 23.3 Å². The van der Waals surface area contributed by atoms with Crippen molar-refractivity contribution in [1.29, 1.82) is 0 Å². The maximum Gasteiger partial charge on any atom is 0.238 e. The van der Waals surface area contributed by atoms with Crippen LogP contribution < -0.4 is 14.8 Å². The molecule has 1 aliphatic heterocycles. The highest BCUT2D eigenvalue weighted by molar-refractivity contribution is 6.08. The number of benzene rings is 1. The summed E-state index contributed by atoms with van der Waals surface area (Å²) in [6, 6.07) is 4.22. The average molecular weight is 344 g/mol. The van der Waals surface area contributed by atoms with Crippen LogP contribution in [0.2, 0.25) is 0 Å². The van der Waals surface area contributed by atoms with Gasteiger partial charge in [0.25, 0.3) is 0 Å². The van der Waals surface area contributed by atoms with Gasteiger partial charge in [-0.3, -0.25) is 9.59 Å². The van der Waals surface area contributed by atoms with Crippen molar-refractivity contribution in [3.8, 4) is 11.5 Å². The van der Waals surface area contributed by atoms with Crippen LogP contribution in [0.4, 0.5) is 0 Å². The van der Waals surface area contributed by atoms with E-state index in [1.54, 1.807) is 14.2 Å². The predicted octanol–water partition coefficient (Wildman–Crippen LogP) is 1.65. The molecule has 2 aliphatic carbocycles. The van der Waals surface area contributed by atoms with Crippen molar-refractivity contribution in [2.24, 2.45) is 5.41 Å². The molecule has 0 spiro atoms. The number of carbonyl (C=O) groups excluding carboxylic acids is 2. The van der Waals surface area contributed by atoms with E-state index < -0.39 is 5.41 Å². The van der Waals surface area contributed by atoms with Gasteiger partial charge in [-0.05, 0) is 55.4 Å². The van der Waals surface area contributed by atoms with E-state index >= 15 is 0 Å². The number of hydrogen-bond acceptors (Lipinski definition) is 4. The molecule has 1 heterocycles. The summed E-state index contributed by atoms with van der Waals surface area (Å²) >= 11 is 0. The van der Waals surface area contributed by atoms with Gasteiger partial charge < -0.3 is 19.7 Å². The summed E-state index contributed by atoms with van der Waals surface area (Å²) in [4.78, 5) is 27.3. The minimum atomic E-state index is -0.809. The molecule has 0 aromatic heterocycles. The van der Waals surface area contributed by atoms with E-state index in [4.69, 9.17) is 9.47 Å². The summed E-state index contributed by atoms with van der Waals surface area (Å²) < 4.78 is 10.7. The number of amides is 2. The van der Waals surface area contributed by atoms with Crippen molar-refractivity contribution in [1.82, 2.24) is 10.2 Å². The second-order valence-electron chi connectivity index (χ2n) is 7.28. The number of nitrogens with one attached hydrogen (secondary N) is 1. The van der Waals surface area contributed by atoms with Gasteiger partial charge in [0.2, 0.25) is 11.8 Å². The van der Waals surface area contributed by atoms with Crippen LogP contribution in [0, 0.1) is 5.41 Å². The number of nitrogens with zero attached hydrogens (tertiary/aromatic N) is 1. The Morgan fingerprint density at radius 2 is 1.76 bits per heavy atom. The maximum atomic E-state index is 13.0. The second kappa shape index (κ2) is 5.93. The quantitative estimate of drug-likeness (QED) is 0.825. The topological polar surface area (TPSA) is 67.9 Å². The lowest BCUT2D eigenvalue weighted by Gasteiger charge is -2.32. The first kappa shape index (κ1) is 16.2. The third-order valence-electron chi connectivity index (χ3n) is 5.51. The van der Waals surface area contributed by atoms with Gasteiger partial charge in [0.05, 0.1) is 14.2 Å². The Labute approximate surface area is 147 Å². The van der Waals surface area contributed by atoms with Crippen LogP contribution in [0.1, 0.15) is 36.8 Å². The lowest BCUT2D eigenvalue weighted by atomic mass is 9.96. The van der Waals surface area contributed by atoms with Gasteiger partial charge in [-0.15, -0.1) is 0 Å². The van der Waals surface area contributed by atoms with Crippen molar-refractivity contribution in [2.75, 3.05) is 20.8 Å². The molecule has 2 fully saturated rings. The first-order valence-corrected chi connectivity index (χ1v) is 8.91. The van der Waals surface area contributed by atoms with Gasteiger partial charge in [-0.1, -0.05) is 0 Å². The Bertz CT molecular complexity index is 722. The molecule has 0 atom stereocenters. The highest BCUT2D eigenvalue weighted by Gasteiger charge is 2.58. The first-order valence-electron chi connectivity index (χ1n) is 8.91. The van der Waals surface area contributed by atoms with Gasteiger partial charge in [-0.2, -0.15) is 0 Å². The van der Waals surface area contributed by atoms with Crippen LogP contribution >= 0.6 is 0 Å². The molecule has 3 aliphatic rings. The third-order valence-corrected chi connectivity index (χ3v) is 5.51. The molecule has 1 aromatic rings. The second-order valence-corrected chi connectivity index (χ2v) is 7.28. The van der Waals surface area contributed by atoms with Gasteiger partial charge in [0.15, 0.2) is 11.5 Å². The van der Waals surface area contributed by atoms with Gasteiger partial charge >= 0.3 is 0 Å². The highest BCUT2D eigenvalue weighted by atomic mass is 16.5. The van der Waals surface area contributed by atoms with Crippen LogP contribution in [0.15, 0.2) is 12.1 Å². The van der Waals surface area contributed by atoms with Crippen molar-refractivity contribution in [2.45, 2.75) is 44.7 Å². The predicted molar refractivity (Wildman–Crippen MR) is 91.5 cm³/mol. The fourth-order valence-corrected chi connectivity index (χ4v) is 3.57. The van der Waals surface area contributed by atoms with E-state index in [0.717, 1.165) is 24.8 Å². The number of fused-ring (bicyclic) bond motifs is 1. The molecule has 134 valence electrons. The highest BCUT2D eigenvalue weighted by Crippen LogP contribution is 2.48. The van der Waals surface area contributed by atoms with E-state index in [0.29, 0.717) is 37.4 Å². The molecule has 0 radical (unpaired) electrons. The Kier molecular flexibility index (Phi) is 3.85.